The van der Waals surface area contributed by atoms with Crippen LogP contribution in [0, 0.1) is 12.3 Å². The smallest absolute Gasteiger partial charge is 0.268 e. The van der Waals surface area contributed by atoms with Crippen LogP contribution in [0.15, 0.2) is 0 Å². The monoisotopic (exact) mass is 266 g/mol. The van der Waals surface area contributed by atoms with Gasteiger partial charge in [-0.3, -0.25) is 4.79 Å². The molecule has 2 N–H and O–H groups in total. The molecule has 1 heterocycles. The number of nitrogens with two attached hydrogens (primary N) is 1. The zero-order valence-electron chi connectivity index (χ0n) is 10.9. The van der Waals surface area contributed by atoms with E-state index in [1.54, 1.807) is 4.90 Å². The van der Waals surface area contributed by atoms with Crippen LogP contribution in [0.1, 0.15) is 23.5 Å². The zero-order valence-corrected chi connectivity index (χ0v) is 11.8. The highest BCUT2D eigenvalue weighted by molar-refractivity contribution is 7.18. The van der Waals surface area contributed by atoms with Crippen LogP contribution in [0.4, 0.5) is 10.9 Å². The Morgan fingerprint density at radius 2 is 2.17 bits per heavy atom. The number of anilines is 2. The van der Waals surface area contributed by atoms with E-state index in [0.29, 0.717) is 11.4 Å². The fourth-order valence-electron chi connectivity index (χ4n) is 1.35. The summed E-state index contributed by atoms with van der Waals surface area (Å²) >= 11 is 1.30. The Labute approximate surface area is 112 Å². The summed E-state index contributed by atoms with van der Waals surface area (Å²) in [5.41, 5.74) is 5.80. The van der Waals surface area contributed by atoms with Crippen LogP contribution < -0.4 is 10.6 Å². The molecule has 0 atom stereocenters. The highest BCUT2D eigenvalue weighted by Crippen LogP contribution is 2.28. The van der Waals surface area contributed by atoms with Gasteiger partial charge in [-0.2, -0.15) is 0 Å². The van der Waals surface area contributed by atoms with Crippen molar-refractivity contribution in [2.45, 2.75) is 13.8 Å². The molecule has 1 rings (SSSR count). The number of amides is 1. The van der Waals surface area contributed by atoms with Crippen molar-refractivity contribution >= 4 is 28.2 Å². The van der Waals surface area contributed by atoms with E-state index in [1.807, 2.05) is 25.8 Å². The number of nitrogen functional groups attached to an aromatic ring is 1. The van der Waals surface area contributed by atoms with Gasteiger partial charge in [-0.05, 0) is 13.8 Å². The molecule has 0 fully saturated rings. The lowest BCUT2D eigenvalue weighted by molar-refractivity contribution is 0.0790. The maximum atomic E-state index is 12.2. The summed E-state index contributed by atoms with van der Waals surface area (Å²) in [7, 11) is 1.91. The van der Waals surface area contributed by atoms with Crippen molar-refractivity contribution in [1.82, 2.24) is 9.88 Å². The van der Waals surface area contributed by atoms with Crippen molar-refractivity contribution in [2.24, 2.45) is 0 Å². The van der Waals surface area contributed by atoms with Crippen LogP contribution in [-0.4, -0.2) is 42.5 Å². The summed E-state index contributed by atoms with van der Waals surface area (Å²) in [6, 6.07) is 0. The van der Waals surface area contributed by atoms with Crippen LogP contribution in [0.25, 0.3) is 0 Å². The van der Waals surface area contributed by atoms with E-state index in [1.165, 1.54) is 11.3 Å². The van der Waals surface area contributed by atoms with Gasteiger partial charge >= 0.3 is 0 Å². The van der Waals surface area contributed by atoms with Gasteiger partial charge in [0.15, 0.2) is 5.13 Å². The Balaban J connectivity index is 2.99. The molecule has 0 aliphatic rings. The first kappa shape index (κ1) is 14.3. The molecular weight excluding hydrogens is 248 g/mol. The van der Waals surface area contributed by atoms with Gasteiger partial charge < -0.3 is 15.5 Å². The Morgan fingerprint density at radius 1 is 1.50 bits per heavy atom. The number of hydrogen-bond donors (Lipinski definition) is 1. The lowest BCUT2D eigenvalue weighted by Gasteiger charge is -2.16. The maximum absolute atomic E-state index is 12.2. The van der Waals surface area contributed by atoms with Gasteiger partial charge in [0.1, 0.15) is 10.7 Å². The lowest BCUT2D eigenvalue weighted by Crippen LogP contribution is -2.31. The molecule has 0 saturated carbocycles. The molecule has 1 aromatic heterocycles. The van der Waals surface area contributed by atoms with Crippen LogP contribution in [0.3, 0.4) is 0 Å². The first-order chi connectivity index (χ1) is 8.54. The van der Waals surface area contributed by atoms with Crippen LogP contribution >= 0.6 is 11.3 Å². The highest BCUT2D eigenvalue weighted by atomic mass is 32.1. The second-order valence-corrected chi connectivity index (χ2v) is 4.73. The van der Waals surface area contributed by atoms with Gasteiger partial charge in [0.25, 0.3) is 5.91 Å². The maximum Gasteiger partial charge on any atom is 0.268 e. The normalized spacial score (nSPS) is 9.89. The summed E-state index contributed by atoms with van der Waals surface area (Å²) in [5, 5.41) is 0.745. The number of terminal acetylenes is 1. The molecule has 0 unspecified atom stereocenters. The van der Waals surface area contributed by atoms with Crippen molar-refractivity contribution in [3.8, 4) is 12.3 Å². The van der Waals surface area contributed by atoms with Crippen LogP contribution in [0.5, 0.6) is 0 Å². The Hall–Kier alpha value is -1.74. The minimum Gasteiger partial charge on any atom is -0.382 e. The van der Waals surface area contributed by atoms with Crippen molar-refractivity contribution in [3.05, 3.63) is 4.88 Å². The van der Waals surface area contributed by atoms with Gasteiger partial charge in [0.05, 0.1) is 6.54 Å². The Kier molecular flexibility index (Phi) is 4.98. The predicted molar refractivity (Wildman–Crippen MR) is 75.9 cm³/mol. The first-order valence-electron chi connectivity index (χ1n) is 5.75. The van der Waals surface area contributed by atoms with Gasteiger partial charge in [-0.15, -0.1) is 6.42 Å². The van der Waals surface area contributed by atoms with E-state index in [-0.39, 0.29) is 18.3 Å². The van der Waals surface area contributed by atoms with Crippen molar-refractivity contribution in [2.75, 3.05) is 37.3 Å². The lowest BCUT2D eigenvalue weighted by atomic mass is 10.4. The number of hydrogen-bond acceptors (Lipinski definition) is 5. The summed E-state index contributed by atoms with van der Waals surface area (Å²) in [5.74, 6) is 2.59. The minimum atomic E-state index is -0.152. The summed E-state index contributed by atoms with van der Waals surface area (Å²) in [6.45, 7) is 5.54. The standard InChI is InChI=1S/C12H18N4OS/c1-5-8-16(7-3)11(17)9-10(13)14-12(18-9)15(4)6-2/h1H,6-8,13H2,2-4H3. The molecular formula is C12H18N4OS. The highest BCUT2D eigenvalue weighted by Gasteiger charge is 2.21. The summed E-state index contributed by atoms with van der Waals surface area (Å²) in [4.78, 5) is 20.4. The molecule has 1 aromatic rings. The molecule has 18 heavy (non-hydrogen) atoms. The third kappa shape index (κ3) is 2.93. The van der Waals surface area contributed by atoms with E-state index >= 15 is 0 Å². The second-order valence-electron chi connectivity index (χ2n) is 3.75. The van der Waals surface area contributed by atoms with Gasteiger partial charge in [0.2, 0.25) is 0 Å². The van der Waals surface area contributed by atoms with Crippen molar-refractivity contribution in [1.29, 1.82) is 0 Å². The Bertz CT molecular complexity index is 463. The molecule has 0 aliphatic heterocycles. The number of nitrogens with zero attached hydrogens (tertiary/aromatic N) is 3. The summed E-state index contributed by atoms with van der Waals surface area (Å²) < 4.78 is 0. The number of thiazole rings is 1. The van der Waals surface area contributed by atoms with Gasteiger partial charge in [-0.25, -0.2) is 4.98 Å². The zero-order chi connectivity index (χ0) is 13.7. The topological polar surface area (TPSA) is 62.5 Å². The minimum absolute atomic E-state index is 0.152. The quantitative estimate of drug-likeness (QED) is 0.815. The number of carbonyl (C=O) groups excluding carboxylic acids is 1. The molecule has 0 saturated heterocycles. The van der Waals surface area contributed by atoms with E-state index in [4.69, 9.17) is 12.2 Å². The number of carbonyl (C=O) groups is 1. The van der Waals surface area contributed by atoms with Crippen molar-refractivity contribution in [3.63, 3.8) is 0 Å². The van der Waals surface area contributed by atoms with Crippen LogP contribution in [0.2, 0.25) is 0 Å². The van der Waals surface area contributed by atoms with E-state index in [2.05, 4.69) is 10.9 Å². The molecule has 6 heteroatoms. The first-order valence-corrected chi connectivity index (χ1v) is 6.56. The second kappa shape index (κ2) is 6.26. The predicted octanol–water partition coefficient (Wildman–Crippen LogP) is 1.28. The fourth-order valence-corrected chi connectivity index (χ4v) is 2.33. The molecule has 0 radical (unpaired) electrons. The third-order valence-corrected chi connectivity index (χ3v) is 3.76. The molecule has 0 aliphatic carbocycles. The molecule has 98 valence electrons. The van der Waals surface area contributed by atoms with Crippen LogP contribution in [-0.2, 0) is 0 Å². The molecule has 0 bridgehead atoms. The van der Waals surface area contributed by atoms with Crippen molar-refractivity contribution < 1.29 is 4.79 Å². The van der Waals surface area contributed by atoms with E-state index in [9.17, 15) is 4.79 Å². The average Bonchev–Trinajstić information content (AvgIpc) is 2.76. The summed E-state index contributed by atoms with van der Waals surface area (Å²) in [6.07, 6.45) is 5.24. The Morgan fingerprint density at radius 3 is 2.67 bits per heavy atom. The van der Waals surface area contributed by atoms with E-state index in [0.717, 1.165) is 11.7 Å². The largest absolute Gasteiger partial charge is 0.382 e. The average molecular weight is 266 g/mol. The van der Waals surface area contributed by atoms with Gasteiger partial charge in [-0.1, -0.05) is 17.3 Å². The third-order valence-electron chi connectivity index (χ3n) is 2.59. The number of rotatable bonds is 5. The molecule has 0 spiro atoms. The molecule has 0 aromatic carbocycles. The molecule has 1 amide bonds. The number of aromatic nitrogens is 1. The SMILES string of the molecule is C#CCN(CC)C(=O)c1sc(N(C)CC)nc1N. The molecule has 5 nitrogen and oxygen atoms in total. The fraction of sp³-hybridized carbons (Fsp3) is 0.500. The van der Waals surface area contributed by atoms with E-state index < -0.39 is 0 Å². The van der Waals surface area contributed by atoms with Gasteiger partial charge in [0, 0.05) is 20.1 Å².